The first-order chi connectivity index (χ1) is 7.02. The van der Waals surface area contributed by atoms with Crippen molar-refractivity contribution in [3.8, 4) is 0 Å². The highest BCUT2D eigenvalue weighted by Gasteiger charge is 2.42. The van der Waals surface area contributed by atoms with Crippen LogP contribution in [0.3, 0.4) is 0 Å². The van der Waals surface area contributed by atoms with Crippen molar-refractivity contribution in [2.45, 2.75) is 45.0 Å². The van der Waals surface area contributed by atoms with Gasteiger partial charge in [0.1, 0.15) is 0 Å². The van der Waals surface area contributed by atoms with E-state index in [-0.39, 0.29) is 9.86 Å². The summed E-state index contributed by atoms with van der Waals surface area (Å²) in [5, 5.41) is 9.69. The van der Waals surface area contributed by atoms with E-state index in [9.17, 15) is 14.7 Å². The van der Waals surface area contributed by atoms with Crippen LogP contribution in [0.1, 0.15) is 34.6 Å². The molecule has 1 N–H and O–H groups in total. The predicted molar refractivity (Wildman–Crippen MR) is 64.2 cm³/mol. The summed E-state index contributed by atoms with van der Waals surface area (Å²) in [6, 6.07) is 0. The fraction of sp³-hybridized carbons (Fsp3) is 0.818. The number of aliphatic hydroxyl groups is 1. The Morgan fingerprint density at radius 3 is 2.00 bits per heavy atom. The average Bonchev–Trinajstić information content (AvgIpc) is 2.12. The van der Waals surface area contributed by atoms with Crippen molar-refractivity contribution in [2.24, 2.45) is 5.92 Å². The lowest BCUT2D eigenvalue weighted by Crippen LogP contribution is -2.45. The Labute approximate surface area is 101 Å². The number of esters is 1. The van der Waals surface area contributed by atoms with Gasteiger partial charge in [0.15, 0.2) is 10.7 Å². The van der Waals surface area contributed by atoms with Gasteiger partial charge in [-0.05, 0) is 6.92 Å². The van der Waals surface area contributed by atoms with Crippen molar-refractivity contribution in [1.82, 2.24) is 0 Å². The van der Waals surface area contributed by atoms with Crippen LogP contribution in [0.15, 0.2) is 0 Å². The Balaban J connectivity index is 4.73. The number of carbonyl (C=O) groups excluding carboxylic acids is 2. The third-order valence-electron chi connectivity index (χ3n) is 2.20. The molecule has 0 amide bonds. The van der Waals surface area contributed by atoms with Gasteiger partial charge in [0.25, 0.3) is 0 Å². The molecular weight excluding hydrogens is 228 g/mol. The fourth-order valence-corrected chi connectivity index (χ4v) is 2.01. The Hall–Kier alpha value is -0.550. The number of hydrogen-bond donors (Lipinski definition) is 1. The van der Waals surface area contributed by atoms with Crippen molar-refractivity contribution in [3.63, 3.8) is 0 Å². The maximum Gasteiger partial charge on any atom is 0.338 e. The van der Waals surface area contributed by atoms with Crippen molar-refractivity contribution < 1.29 is 19.4 Å². The first-order valence-electron chi connectivity index (χ1n) is 5.06. The lowest BCUT2D eigenvalue weighted by Gasteiger charge is -2.28. The average molecular weight is 248 g/mol. The molecule has 16 heavy (non-hydrogen) atoms. The zero-order valence-corrected chi connectivity index (χ0v) is 11.5. The van der Waals surface area contributed by atoms with Crippen LogP contribution in [0.25, 0.3) is 0 Å². The molecule has 94 valence electrons. The number of methoxy groups -OCH3 is 1. The monoisotopic (exact) mass is 248 g/mol. The summed E-state index contributed by atoms with van der Waals surface area (Å²) in [6.07, 6.45) is 0. The summed E-state index contributed by atoms with van der Waals surface area (Å²) in [5.74, 6) is -1.59. The van der Waals surface area contributed by atoms with Gasteiger partial charge in [0, 0.05) is 4.75 Å². The van der Waals surface area contributed by atoms with Crippen molar-refractivity contribution in [3.05, 3.63) is 0 Å². The van der Waals surface area contributed by atoms with Crippen molar-refractivity contribution in [2.75, 3.05) is 7.11 Å². The van der Waals surface area contributed by atoms with Gasteiger partial charge in [-0.25, -0.2) is 4.79 Å². The molecule has 0 heterocycles. The summed E-state index contributed by atoms with van der Waals surface area (Å²) >= 11 is 1.11. The summed E-state index contributed by atoms with van der Waals surface area (Å²) in [7, 11) is 1.19. The first kappa shape index (κ1) is 15.4. The number of hydrogen-bond acceptors (Lipinski definition) is 5. The molecule has 0 saturated carbocycles. The number of ether oxygens (including phenoxy) is 1. The van der Waals surface area contributed by atoms with Crippen LogP contribution in [0.4, 0.5) is 0 Å². The van der Waals surface area contributed by atoms with Crippen LogP contribution in [0, 0.1) is 5.92 Å². The highest BCUT2D eigenvalue weighted by atomic mass is 32.2. The molecule has 0 aromatic carbocycles. The zero-order valence-electron chi connectivity index (χ0n) is 10.7. The minimum Gasteiger partial charge on any atom is -0.467 e. The van der Waals surface area contributed by atoms with Crippen LogP contribution >= 0.6 is 11.8 Å². The van der Waals surface area contributed by atoms with Gasteiger partial charge in [0.2, 0.25) is 0 Å². The van der Waals surface area contributed by atoms with Gasteiger partial charge >= 0.3 is 5.97 Å². The molecule has 0 saturated heterocycles. The quantitative estimate of drug-likeness (QED) is 0.769. The zero-order chi connectivity index (χ0) is 13.1. The van der Waals surface area contributed by atoms with Gasteiger partial charge in [-0.3, -0.25) is 4.79 Å². The smallest absolute Gasteiger partial charge is 0.338 e. The molecule has 0 radical (unpaired) electrons. The topological polar surface area (TPSA) is 63.6 Å². The second-order valence-electron chi connectivity index (χ2n) is 4.89. The number of rotatable bonds is 3. The van der Waals surface area contributed by atoms with Gasteiger partial charge in [-0.15, -0.1) is 0 Å². The number of thioether (sulfide) groups is 1. The molecule has 2 atom stereocenters. The predicted octanol–water partition coefficient (Wildman–Crippen LogP) is 1.60. The molecule has 0 aromatic rings. The highest BCUT2D eigenvalue weighted by Crippen LogP contribution is 2.31. The van der Waals surface area contributed by atoms with Gasteiger partial charge in [0.05, 0.1) is 13.0 Å². The summed E-state index contributed by atoms with van der Waals surface area (Å²) in [6.45, 7) is 8.52. The first-order valence-corrected chi connectivity index (χ1v) is 5.87. The van der Waals surface area contributed by atoms with E-state index in [0.29, 0.717) is 0 Å². The SMILES string of the molecule is COC(=O)[C@@](C)(O)[C@H](C)C(=O)SC(C)(C)C. The molecule has 0 fully saturated rings. The minimum atomic E-state index is -1.77. The molecule has 0 rings (SSSR count). The van der Waals surface area contributed by atoms with Crippen LogP contribution in [-0.2, 0) is 14.3 Å². The van der Waals surface area contributed by atoms with Gasteiger partial charge in [-0.1, -0.05) is 39.5 Å². The number of carbonyl (C=O) groups is 2. The fourth-order valence-electron chi connectivity index (χ4n) is 1.00. The Morgan fingerprint density at radius 1 is 1.25 bits per heavy atom. The molecule has 0 aliphatic heterocycles. The van der Waals surface area contributed by atoms with E-state index in [2.05, 4.69) is 4.74 Å². The Bertz CT molecular complexity index is 278. The van der Waals surface area contributed by atoms with E-state index in [1.165, 1.54) is 21.0 Å². The standard InChI is InChI=1S/C11H20O4S/c1-7(8(12)16-10(2,3)4)11(5,14)9(13)15-6/h7,14H,1-6H3/t7-,11+/m1/s1. The third kappa shape index (κ3) is 4.14. The second-order valence-corrected chi connectivity index (χ2v) is 6.73. The van der Waals surface area contributed by atoms with Crippen molar-refractivity contribution >= 4 is 22.8 Å². The molecule has 0 aliphatic carbocycles. The van der Waals surface area contributed by atoms with Gasteiger partial charge in [-0.2, -0.15) is 0 Å². The molecule has 4 nitrogen and oxygen atoms in total. The summed E-state index contributed by atoms with van der Waals surface area (Å²) < 4.78 is 4.23. The van der Waals surface area contributed by atoms with E-state index >= 15 is 0 Å². The largest absolute Gasteiger partial charge is 0.467 e. The maximum absolute atomic E-state index is 11.8. The normalized spacial score (nSPS) is 17.4. The third-order valence-corrected chi connectivity index (χ3v) is 3.37. The van der Waals surface area contributed by atoms with Crippen LogP contribution < -0.4 is 0 Å². The Kier molecular flexibility index (Phi) is 5.01. The van der Waals surface area contributed by atoms with E-state index < -0.39 is 17.5 Å². The lowest BCUT2D eigenvalue weighted by molar-refractivity contribution is -0.166. The molecule has 0 unspecified atom stereocenters. The molecule has 0 bridgehead atoms. The van der Waals surface area contributed by atoms with Crippen LogP contribution in [0.5, 0.6) is 0 Å². The molecule has 0 aromatic heterocycles. The second kappa shape index (κ2) is 5.19. The van der Waals surface area contributed by atoms with Crippen molar-refractivity contribution in [1.29, 1.82) is 0 Å². The maximum atomic E-state index is 11.8. The van der Waals surface area contributed by atoms with Gasteiger partial charge < -0.3 is 9.84 Å². The minimum absolute atomic E-state index is 0.220. The molecule has 5 heteroatoms. The molecule has 0 spiro atoms. The highest BCUT2D eigenvalue weighted by molar-refractivity contribution is 8.14. The van der Waals surface area contributed by atoms with Crippen LogP contribution in [0.2, 0.25) is 0 Å². The van der Waals surface area contributed by atoms with E-state index in [0.717, 1.165) is 11.8 Å². The van der Waals surface area contributed by atoms with E-state index in [4.69, 9.17) is 0 Å². The van der Waals surface area contributed by atoms with E-state index in [1.807, 2.05) is 20.8 Å². The molecular formula is C11H20O4S. The summed E-state index contributed by atoms with van der Waals surface area (Å²) in [4.78, 5) is 23.1. The molecule has 0 aliphatic rings. The summed E-state index contributed by atoms with van der Waals surface area (Å²) in [5.41, 5.74) is -1.77. The lowest BCUT2D eigenvalue weighted by atomic mass is 9.92. The van der Waals surface area contributed by atoms with Crippen LogP contribution in [-0.4, -0.2) is 33.6 Å². The Morgan fingerprint density at radius 2 is 1.69 bits per heavy atom. The van der Waals surface area contributed by atoms with E-state index in [1.54, 1.807) is 0 Å².